The van der Waals surface area contributed by atoms with Gasteiger partial charge >= 0.3 is 0 Å². The smallest absolute Gasteiger partial charge is 0.231 e. The molecule has 1 aliphatic rings. The molecule has 1 fully saturated rings. The van der Waals surface area contributed by atoms with Crippen molar-refractivity contribution in [1.82, 2.24) is 25.2 Å². The molecule has 0 radical (unpaired) electrons. The first-order valence-electron chi connectivity index (χ1n) is 6.71. The van der Waals surface area contributed by atoms with Crippen molar-refractivity contribution in [3.05, 3.63) is 17.3 Å². The molecular weight excluding hydrogens is 242 g/mol. The zero-order valence-corrected chi connectivity index (χ0v) is 11.6. The molecule has 0 amide bonds. The van der Waals surface area contributed by atoms with Gasteiger partial charge in [-0.25, -0.2) is 0 Å². The average Bonchev–Trinajstić information content (AvgIpc) is 2.97. The van der Waals surface area contributed by atoms with E-state index < -0.39 is 0 Å². The Balaban J connectivity index is 1.92. The van der Waals surface area contributed by atoms with Crippen LogP contribution >= 0.6 is 0 Å². The van der Waals surface area contributed by atoms with Gasteiger partial charge in [-0.1, -0.05) is 5.16 Å². The van der Waals surface area contributed by atoms with E-state index in [9.17, 15) is 0 Å². The number of nitrogens with one attached hydrogen (secondary N) is 1. The summed E-state index contributed by atoms with van der Waals surface area (Å²) < 4.78 is 7.29. The van der Waals surface area contributed by atoms with Gasteiger partial charge in [-0.3, -0.25) is 4.68 Å². The fourth-order valence-electron chi connectivity index (χ4n) is 2.66. The number of rotatable bonds is 2. The minimum absolute atomic E-state index is 0.340. The predicted molar refractivity (Wildman–Crippen MR) is 70.8 cm³/mol. The standard InChI is InChI=1S/C13H19N5O/c1-8-11(9(2)18(3)16-8)12-15-13(19-17-12)10-5-4-6-14-7-10/h10,14H,4-7H2,1-3H3/t10-/m0/s1. The first kappa shape index (κ1) is 12.3. The Labute approximate surface area is 112 Å². The van der Waals surface area contributed by atoms with Crippen molar-refractivity contribution in [2.24, 2.45) is 7.05 Å². The van der Waals surface area contributed by atoms with Gasteiger partial charge in [0.05, 0.1) is 17.2 Å². The van der Waals surface area contributed by atoms with Gasteiger partial charge in [0, 0.05) is 19.3 Å². The quantitative estimate of drug-likeness (QED) is 0.888. The Morgan fingerprint density at radius 2 is 2.21 bits per heavy atom. The van der Waals surface area contributed by atoms with Crippen LogP contribution < -0.4 is 5.32 Å². The summed E-state index contributed by atoms with van der Waals surface area (Å²) in [5.41, 5.74) is 2.99. The molecule has 19 heavy (non-hydrogen) atoms. The lowest BCUT2D eigenvalue weighted by atomic mass is 10.00. The second-order valence-electron chi connectivity index (χ2n) is 5.17. The Bertz CT molecular complexity index is 580. The molecule has 3 rings (SSSR count). The molecule has 6 heteroatoms. The largest absolute Gasteiger partial charge is 0.339 e. The van der Waals surface area contributed by atoms with Crippen LogP contribution in [0.3, 0.4) is 0 Å². The summed E-state index contributed by atoms with van der Waals surface area (Å²) >= 11 is 0. The normalized spacial score (nSPS) is 19.8. The van der Waals surface area contributed by atoms with Crippen LogP contribution in [0.2, 0.25) is 0 Å². The van der Waals surface area contributed by atoms with E-state index in [1.807, 2.05) is 25.6 Å². The van der Waals surface area contributed by atoms with Crippen molar-refractivity contribution in [1.29, 1.82) is 0 Å². The van der Waals surface area contributed by atoms with Crippen molar-refractivity contribution < 1.29 is 4.52 Å². The molecule has 1 N–H and O–H groups in total. The van der Waals surface area contributed by atoms with E-state index in [2.05, 4.69) is 20.6 Å². The van der Waals surface area contributed by atoms with Crippen LogP contribution in [0.15, 0.2) is 4.52 Å². The van der Waals surface area contributed by atoms with E-state index in [0.717, 1.165) is 48.8 Å². The van der Waals surface area contributed by atoms with E-state index in [1.165, 1.54) is 0 Å². The number of hydrogen-bond acceptors (Lipinski definition) is 5. The van der Waals surface area contributed by atoms with Crippen LogP contribution in [0, 0.1) is 13.8 Å². The van der Waals surface area contributed by atoms with Gasteiger partial charge in [-0.05, 0) is 33.2 Å². The lowest BCUT2D eigenvalue weighted by Crippen LogP contribution is -2.28. The third kappa shape index (κ3) is 2.16. The highest BCUT2D eigenvalue weighted by Gasteiger charge is 2.23. The molecule has 0 aromatic carbocycles. The summed E-state index contributed by atoms with van der Waals surface area (Å²) in [5, 5.41) is 11.9. The van der Waals surface area contributed by atoms with Gasteiger partial charge in [-0.2, -0.15) is 10.1 Å². The van der Waals surface area contributed by atoms with E-state index in [-0.39, 0.29) is 0 Å². The Kier molecular flexibility index (Phi) is 3.10. The number of nitrogens with zero attached hydrogens (tertiary/aromatic N) is 4. The SMILES string of the molecule is Cc1nn(C)c(C)c1-c1noc([C@H]2CCCNC2)n1. The summed E-state index contributed by atoms with van der Waals surface area (Å²) in [7, 11) is 1.93. The predicted octanol–water partition coefficient (Wildman–Crippen LogP) is 1.55. The molecule has 0 spiro atoms. The van der Waals surface area contributed by atoms with Gasteiger partial charge in [0.2, 0.25) is 11.7 Å². The fourth-order valence-corrected chi connectivity index (χ4v) is 2.66. The Morgan fingerprint density at radius 1 is 1.37 bits per heavy atom. The van der Waals surface area contributed by atoms with E-state index in [1.54, 1.807) is 0 Å². The minimum Gasteiger partial charge on any atom is -0.339 e. The summed E-state index contributed by atoms with van der Waals surface area (Å²) in [5.74, 6) is 1.74. The summed E-state index contributed by atoms with van der Waals surface area (Å²) in [4.78, 5) is 4.57. The Morgan fingerprint density at radius 3 is 2.84 bits per heavy atom. The maximum Gasteiger partial charge on any atom is 0.231 e. The van der Waals surface area contributed by atoms with Crippen LogP contribution in [0.25, 0.3) is 11.4 Å². The third-order valence-corrected chi connectivity index (χ3v) is 3.82. The maximum atomic E-state index is 5.44. The number of aryl methyl sites for hydroxylation is 2. The average molecular weight is 261 g/mol. The highest BCUT2D eigenvalue weighted by Crippen LogP contribution is 2.27. The lowest BCUT2D eigenvalue weighted by Gasteiger charge is -2.18. The Hall–Kier alpha value is -1.69. The van der Waals surface area contributed by atoms with Crippen molar-refractivity contribution in [2.45, 2.75) is 32.6 Å². The molecule has 1 saturated heterocycles. The highest BCUT2D eigenvalue weighted by molar-refractivity contribution is 5.60. The van der Waals surface area contributed by atoms with Crippen molar-refractivity contribution in [3.8, 4) is 11.4 Å². The van der Waals surface area contributed by atoms with Crippen molar-refractivity contribution in [2.75, 3.05) is 13.1 Å². The van der Waals surface area contributed by atoms with Crippen LogP contribution in [0.5, 0.6) is 0 Å². The lowest BCUT2D eigenvalue weighted by molar-refractivity contribution is 0.322. The summed E-state index contributed by atoms with van der Waals surface area (Å²) in [6, 6.07) is 0. The van der Waals surface area contributed by atoms with Gasteiger partial charge in [0.1, 0.15) is 0 Å². The van der Waals surface area contributed by atoms with Gasteiger partial charge < -0.3 is 9.84 Å². The molecule has 2 aromatic heterocycles. The van der Waals surface area contributed by atoms with E-state index >= 15 is 0 Å². The van der Waals surface area contributed by atoms with Crippen LogP contribution in [0.1, 0.15) is 36.0 Å². The zero-order chi connectivity index (χ0) is 13.4. The number of hydrogen-bond donors (Lipinski definition) is 1. The first-order chi connectivity index (χ1) is 9.16. The highest BCUT2D eigenvalue weighted by atomic mass is 16.5. The molecule has 3 heterocycles. The molecule has 1 atom stereocenters. The molecule has 0 aliphatic carbocycles. The number of piperidine rings is 1. The van der Waals surface area contributed by atoms with Gasteiger partial charge in [0.15, 0.2) is 0 Å². The van der Waals surface area contributed by atoms with Crippen LogP contribution in [0.4, 0.5) is 0 Å². The molecule has 0 saturated carbocycles. The van der Waals surface area contributed by atoms with Gasteiger partial charge in [0.25, 0.3) is 0 Å². The zero-order valence-electron chi connectivity index (χ0n) is 11.6. The number of aromatic nitrogens is 4. The molecule has 2 aromatic rings. The molecule has 1 aliphatic heterocycles. The maximum absolute atomic E-state index is 5.44. The van der Waals surface area contributed by atoms with Gasteiger partial charge in [-0.15, -0.1) is 0 Å². The topological polar surface area (TPSA) is 68.8 Å². The van der Waals surface area contributed by atoms with E-state index in [0.29, 0.717) is 11.7 Å². The minimum atomic E-state index is 0.340. The summed E-state index contributed by atoms with van der Waals surface area (Å²) in [6.07, 6.45) is 2.27. The molecule has 0 bridgehead atoms. The summed E-state index contributed by atoms with van der Waals surface area (Å²) in [6.45, 7) is 6.00. The second-order valence-corrected chi connectivity index (χ2v) is 5.17. The molecule has 102 valence electrons. The van der Waals surface area contributed by atoms with E-state index in [4.69, 9.17) is 4.52 Å². The molecular formula is C13H19N5O. The fraction of sp³-hybridized carbons (Fsp3) is 0.615. The van der Waals surface area contributed by atoms with Crippen molar-refractivity contribution >= 4 is 0 Å². The second kappa shape index (κ2) is 4.77. The monoisotopic (exact) mass is 261 g/mol. The van der Waals surface area contributed by atoms with Crippen LogP contribution in [-0.4, -0.2) is 33.0 Å². The van der Waals surface area contributed by atoms with Crippen molar-refractivity contribution in [3.63, 3.8) is 0 Å². The molecule has 0 unspecified atom stereocenters. The first-order valence-corrected chi connectivity index (χ1v) is 6.71. The van der Waals surface area contributed by atoms with Crippen LogP contribution in [-0.2, 0) is 7.05 Å². The third-order valence-electron chi connectivity index (χ3n) is 3.82. The molecule has 6 nitrogen and oxygen atoms in total.